The van der Waals surface area contributed by atoms with Crippen LogP contribution in [0, 0.1) is 0 Å². The summed E-state index contributed by atoms with van der Waals surface area (Å²) in [7, 11) is 1.28. The van der Waals surface area contributed by atoms with Crippen molar-refractivity contribution < 1.29 is 40.8 Å². The molecular formula is C24H16ClF6N3O3. The van der Waals surface area contributed by atoms with Crippen LogP contribution in [0.15, 0.2) is 64.9 Å². The summed E-state index contributed by atoms with van der Waals surface area (Å²) in [6.45, 7) is 0. The zero-order chi connectivity index (χ0) is 27.0. The van der Waals surface area contributed by atoms with Crippen molar-refractivity contribution in [2.45, 2.75) is 24.4 Å². The van der Waals surface area contributed by atoms with Crippen LogP contribution in [0.4, 0.5) is 26.3 Å². The van der Waals surface area contributed by atoms with Gasteiger partial charge in [-0.25, -0.2) is 0 Å². The van der Waals surface area contributed by atoms with Crippen molar-refractivity contribution in [2.75, 3.05) is 7.11 Å². The molecule has 0 spiro atoms. The first-order chi connectivity index (χ1) is 17.4. The molecule has 0 aromatic heterocycles. The zero-order valence-corrected chi connectivity index (χ0v) is 19.5. The second-order valence-electron chi connectivity index (χ2n) is 7.95. The van der Waals surface area contributed by atoms with Crippen molar-refractivity contribution in [3.05, 3.63) is 81.9 Å². The molecule has 0 fully saturated rings. The Kier molecular flexibility index (Phi) is 6.80. The van der Waals surface area contributed by atoms with Crippen LogP contribution in [0.2, 0.25) is 5.02 Å². The second kappa shape index (κ2) is 9.58. The second-order valence-corrected chi connectivity index (χ2v) is 8.39. The number of hydrogen-bond acceptors (Lipinski definition) is 5. The van der Waals surface area contributed by atoms with Crippen LogP contribution < -0.4 is 5.32 Å². The highest BCUT2D eigenvalue weighted by Gasteiger charge is 2.62. The molecule has 37 heavy (non-hydrogen) atoms. The molecule has 1 N–H and O–H groups in total. The number of amides is 1. The van der Waals surface area contributed by atoms with E-state index in [-0.39, 0.29) is 16.8 Å². The molecule has 194 valence electrons. The quantitative estimate of drug-likeness (QED) is 0.175. The van der Waals surface area contributed by atoms with Gasteiger partial charge in [-0.1, -0.05) is 52.2 Å². The minimum atomic E-state index is -5.15. The predicted molar refractivity (Wildman–Crippen MR) is 123 cm³/mol. The fourth-order valence-electron chi connectivity index (χ4n) is 4.00. The van der Waals surface area contributed by atoms with Crippen molar-refractivity contribution in [1.29, 1.82) is 0 Å². The van der Waals surface area contributed by atoms with E-state index in [0.29, 0.717) is 22.9 Å². The molecule has 0 radical (unpaired) electrons. The van der Waals surface area contributed by atoms with Crippen LogP contribution in [-0.4, -0.2) is 31.2 Å². The van der Waals surface area contributed by atoms with Gasteiger partial charge in [0.15, 0.2) is 0 Å². The molecule has 1 heterocycles. The number of hydrogen-bond donors (Lipinski definition) is 1. The van der Waals surface area contributed by atoms with Gasteiger partial charge in [0.25, 0.3) is 11.5 Å². The number of carbonyl (C=O) groups excluding carboxylic acids is 1. The maximum Gasteiger partial charge on any atom is 0.435 e. The van der Waals surface area contributed by atoms with E-state index in [9.17, 15) is 31.1 Å². The van der Waals surface area contributed by atoms with Gasteiger partial charge in [0, 0.05) is 28.1 Å². The number of fused-ring (bicyclic) bond motifs is 1. The van der Waals surface area contributed by atoms with Gasteiger partial charge in [0.2, 0.25) is 0 Å². The highest BCUT2D eigenvalue weighted by Crippen LogP contribution is 2.50. The lowest BCUT2D eigenvalue weighted by Crippen LogP contribution is -2.43. The Hall–Kier alpha value is -3.80. The van der Waals surface area contributed by atoms with E-state index in [0.717, 1.165) is 12.4 Å². The first-order valence-corrected chi connectivity index (χ1v) is 10.8. The molecule has 1 amide bonds. The molecule has 3 aromatic rings. The summed E-state index contributed by atoms with van der Waals surface area (Å²) in [4.78, 5) is 21.9. The van der Waals surface area contributed by atoms with Gasteiger partial charge in [-0.05, 0) is 35.0 Å². The largest absolute Gasteiger partial charge is 0.435 e. The summed E-state index contributed by atoms with van der Waals surface area (Å²) in [5, 5.41) is 9.68. The van der Waals surface area contributed by atoms with Gasteiger partial charge >= 0.3 is 12.4 Å². The van der Waals surface area contributed by atoms with E-state index in [1.807, 2.05) is 0 Å². The van der Waals surface area contributed by atoms with E-state index in [1.54, 1.807) is 24.3 Å². The third-order valence-corrected chi connectivity index (χ3v) is 5.93. The number of halogens is 7. The topological polar surface area (TPSA) is 72.3 Å². The highest BCUT2D eigenvalue weighted by molar-refractivity contribution is 6.30. The monoisotopic (exact) mass is 543 g/mol. The molecule has 3 aromatic carbocycles. The smallest absolute Gasteiger partial charge is 0.398 e. The lowest BCUT2D eigenvalue weighted by molar-refractivity contribution is -0.276. The lowest BCUT2D eigenvalue weighted by Gasteiger charge is -2.30. The first kappa shape index (κ1) is 26.3. The van der Waals surface area contributed by atoms with Crippen LogP contribution >= 0.6 is 11.6 Å². The number of nitrogens with zero attached hydrogens (tertiary/aromatic N) is 2. The van der Waals surface area contributed by atoms with Gasteiger partial charge < -0.3 is 15.0 Å². The number of alkyl halides is 6. The van der Waals surface area contributed by atoms with Crippen molar-refractivity contribution >= 4 is 40.3 Å². The molecule has 1 aliphatic rings. The minimum Gasteiger partial charge on any atom is -0.398 e. The van der Waals surface area contributed by atoms with E-state index in [2.05, 4.69) is 20.5 Å². The highest BCUT2D eigenvalue weighted by atomic mass is 35.5. The number of benzene rings is 3. The summed E-state index contributed by atoms with van der Waals surface area (Å²) in [5.41, 5.74) is -5.17. The third-order valence-electron chi connectivity index (χ3n) is 5.71. The summed E-state index contributed by atoms with van der Waals surface area (Å²) in [6, 6.07) is 10.8. The first-order valence-electron chi connectivity index (χ1n) is 10.5. The average molecular weight is 544 g/mol. The van der Waals surface area contributed by atoms with Crippen molar-refractivity contribution in [2.24, 2.45) is 10.3 Å². The average Bonchev–Trinajstić information content (AvgIpc) is 3.29. The van der Waals surface area contributed by atoms with Gasteiger partial charge in [-0.15, -0.1) is 0 Å². The fourth-order valence-corrected chi connectivity index (χ4v) is 4.23. The minimum absolute atomic E-state index is 0.171. The standard InChI is InChI=1S/C24H16ClF6N3O3/c1-36-33-12-32-21(35)19-7-6-18(16-4-2-3-5-17(16)19)20-11-22(37-34-20,24(29,30)31)13-8-14(23(26,27)28)10-15(25)9-13/h2-10,12H,11H2,1H3,(H,32,33,35). The summed E-state index contributed by atoms with van der Waals surface area (Å²) in [6.07, 6.45) is -9.99. The molecule has 0 bridgehead atoms. The number of oxime groups is 2. The van der Waals surface area contributed by atoms with E-state index in [1.165, 1.54) is 19.2 Å². The molecule has 0 saturated heterocycles. The molecular weight excluding hydrogens is 528 g/mol. The Balaban J connectivity index is 1.78. The van der Waals surface area contributed by atoms with E-state index >= 15 is 0 Å². The van der Waals surface area contributed by atoms with Crippen LogP contribution in [-0.2, 0) is 21.5 Å². The number of nitrogens with one attached hydrogen (secondary N) is 1. The summed E-state index contributed by atoms with van der Waals surface area (Å²) in [5.74, 6) is -0.559. The molecule has 0 saturated carbocycles. The fraction of sp³-hybridized carbons (Fsp3) is 0.208. The zero-order valence-electron chi connectivity index (χ0n) is 18.7. The van der Waals surface area contributed by atoms with Gasteiger partial charge in [0.05, 0.1) is 11.3 Å². The molecule has 6 nitrogen and oxygen atoms in total. The lowest BCUT2D eigenvalue weighted by atomic mass is 9.84. The Morgan fingerprint density at radius 2 is 1.81 bits per heavy atom. The number of carbonyl (C=O) groups is 1. The van der Waals surface area contributed by atoms with E-state index < -0.39 is 46.4 Å². The molecule has 4 rings (SSSR count). The van der Waals surface area contributed by atoms with Crippen LogP contribution in [0.5, 0.6) is 0 Å². The van der Waals surface area contributed by atoms with Crippen LogP contribution in [0.3, 0.4) is 0 Å². The number of rotatable bonds is 5. The predicted octanol–water partition coefficient (Wildman–Crippen LogP) is 6.41. The Labute approximate surface area is 210 Å². The third kappa shape index (κ3) is 4.93. The summed E-state index contributed by atoms with van der Waals surface area (Å²) >= 11 is 5.76. The van der Waals surface area contributed by atoms with Gasteiger partial charge in [-0.2, -0.15) is 26.3 Å². The Morgan fingerprint density at radius 3 is 2.46 bits per heavy atom. The molecule has 1 atom stereocenters. The van der Waals surface area contributed by atoms with Crippen LogP contribution in [0.25, 0.3) is 10.8 Å². The molecule has 1 unspecified atom stereocenters. The maximum atomic E-state index is 14.4. The van der Waals surface area contributed by atoms with Crippen LogP contribution in [0.1, 0.15) is 33.5 Å². The van der Waals surface area contributed by atoms with E-state index in [4.69, 9.17) is 16.4 Å². The van der Waals surface area contributed by atoms with Crippen molar-refractivity contribution in [3.63, 3.8) is 0 Å². The SMILES string of the molecule is CON=CNC(=O)c1ccc(C2=NOC(c3cc(Cl)cc(C(F)(F)F)c3)(C(F)(F)F)C2)c2ccccc12. The Morgan fingerprint density at radius 1 is 1.11 bits per heavy atom. The molecule has 0 aliphatic carbocycles. The molecule has 13 heteroatoms. The van der Waals surface area contributed by atoms with Gasteiger partial charge in [0.1, 0.15) is 13.4 Å². The Bertz CT molecular complexity index is 1420. The molecule has 1 aliphatic heterocycles. The van der Waals surface area contributed by atoms with Gasteiger partial charge in [-0.3, -0.25) is 4.79 Å². The van der Waals surface area contributed by atoms with Crippen molar-refractivity contribution in [1.82, 2.24) is 5.32 Å². The van der Waals surface area contributed by atoms with Crippen molar-refractivity contribution in [3.8, 4) is 0 Å². The summed E-state index contributed by atoms with van der Waals surface area (Å²) < 4.78 is 83.1. The normalized spacial score (nSPS) is 18.1. The maximum absolute atomic E-state index is 14.4.